The van der Waals surface area contributed by atoms with Crippen LogP contribution in [0.25, 0.3) is 0 Å². The summed E-state index contributed by atoms with van der Waals surface area (Å²) >= 11 is 0. The van der Waals surface area contributed by atoms with E-state index in [1.807, 2.05) is 26.1 Å². The molecule has 3 N–H and O–H groups in total. The normalized spacial score (nSPS) is 18.3. The lowest BCUT2D eigenvalue weighted by atomic mass is 10.1. The van der Waals surface area contributed by atoms with Gasteiger partial charge in [0, 0.05) is 12.6 Å². The molecule has 0 radical (unpaired) electrons. The fourth-order valence-corrected chi connectivity index (χ4v) is 2.38. The Kier molecular flexibility index (Phi) is 4.61. The second-order valence-electron chi connectivity index (χ2n) is 5.28. The van der Waals surface area contributed by atoms with Gasteiger partial charge >= 0.3 is 0 Å². The molecule has 0 aromatic carbocycles. The highest BCUT2D eigenvalue weighted by molar-refractivity contribution is 5.81. The minimum Gasteiger partial charge on any atom is -0.467 e. The third-order valence-electron chi connectivity index (χ3n) is 3.94. The molecule has 1 aliphatic carbocycles. The Bertz CT molecular complexity index is 401. The Morgan fingerprint density at radius 1 is 1.63 bits per heavy atom. The van der Waals surface area contributed by atoms with Crippen LogP contribution in [0.3, 0.4) is 0 Å². The molecule has 5 nitrogen and oxygen atoms in total. The first kappa shape index (κ1) is 14.1. The summed E-state index contributed by atoms with van der Waals surface area (Å²) in [6.07, 6.45) is 4.06. The van der Waals surface area contributed by atoms with Crippen LogP contribution in [0.15, 0.2) is 22.8 Å². The van der Waals surface area contributed by atoms with Gasteiger partial charge < -0.3 is 15.5 Å². The Morgan fingerprint density at radius 3 is 2.89 bits per heavy atom. The topological polar surface area (TPSA) is 71.5 Å². The SMILES string of the molecule is CC(C(=O)NCc1ccco1)N(C)C(CN)C1CC1. The van der Waals surface area contributed by atoms with Crippen LogP contribution in [-0.4, -0.2) is 36.5 Å². The number of amides is 1. The van der Waals surface area contributed by atoms with E-state index in [-0.39, 0.29) is 11.9 Å². The second kappa shape index (κ2) is 6.21. The predicted octanol–water partition coefficient (Wildman–Crippen LogP) is 0.953. The molecule has 1 aliphatic rings. The quantitative estimate of drug-likeness (QED) is 0.770. The zero-order valence-corrected chi connectivity index (χ0v) is 11.6. The molecule has 1 amide bonds. The zero-order valence-electron chi connectivity index (χ0n) is 11.6. The maximum Gasteiger partial charge on any atom is 0.237 e. The molecule has 106 valence electrons. The van der Waals surface area contributed by atoms with Crippen molar-refractivity contribution in [2.45, 2.75) is 38.4 Å². The van der Waals surface area contributed by atoms with E-state index in [9.17, 15) is 4.79 Å². The van der Waals surface area contributed by atoms with Crippen LogP contribution in [0, 0.1) is 5.92 Å². The monoisotopic (exact) mass is 265 g/mol. The molecule has 1 saturated carbocycles. The van der Waals surface area contributed by atoms with E-state index in [0.29, 0.717) is 25.0 Å². The van der Waals surface area contributed by atoms with Gasteiger partial charge in [-0.05, 0) is 44.9 Å². The van der Waals surface area contributed by atoms with E-state index < -0.39 is 0 Å². The fourth-order valence-electron chi connectivity index (χ4n) is 2.38. The number of likely N-dealkylation sites (N-methyl/N-ethyl adjacent to an activating group) is 1. The van der Waals surface area contributed by atoms with Crippen molar-refractivity contribution in [2.75, 3.05) is 13.6 Å². The average molecular weight is 265 g/mol. The largest absolute Gasteiger partial charge is 0.467 e. The number of furan rings is 1. The van der Waals surface area contributed by atoms with Gasteiger partial charge in [0.1, 0.15) is 5.76 Å². The third kappa shape index (κ3) is 3.58. The van der Waals surface area contributed by atoms with Crippen molar-refractivity contribution in [3.05, 3.63) is 24.2 Å². The minimum absolute atomic E-state index is 0.0120. The number of hydrogen-bond acceptors (Lipinski definition) is 4. The summed E-state index contributed by atoms with van der Waals surface area (Å²) in [5.74, 6) is 1.44. The number of nitrogens with one attached hydrogen (secondary N) is 1. The highest BCUT2D eigenvalue weighted by Crippen LogP contribution is 2.35. The first-order chi connectivity index (χ1) is 9.13. The van der Waals surface area contributed by atoms with Gasteiger partial charge in [-0.25, -0.2) is 0 Å². The van der Waals surface area contributed by atoms with E-state index in [0.717, 1.165) is 5.76 Å². The van der Waals surface area contributed by atoms with Gasteiger partial charge in [0.05, 0.1) is 18.8 Å². The number of carbonyl (C=O) groups excluding carboxylic acids is 1. The van der Waals surface area contributed by atoms with E-state index >= 15 is 0 Å². The number of nitrogens with zero attached hydrogens (tertiary/aromatic N) is 1. The van der Waals surface area contributed by atoms with Gasteiger partial charge in [0.25, 0.3) is 0 Å². The first-order valence-corrected chi connectivity index (χ1v) is 6.85. The van der Waals surface area contributed by atoms with Gasteiger partial charge in [0.15, 0.2) is 0 Å². The Labute approximate surface area is 114 Å². The van der Waals surface area contributed by atoms with E-state index in [1.54, 1.807) is 6.26 Å². The summed E-state index contributed by atoms with van der Waals surface area (Å²) < 4.78 is 5.19. The summed E-state index contributed by atoms with van der Waals surface area (Å²) in [6, 6.07) is 3.80. The van der Waals surface area contributed by atoms with Crippen LogP contribution in [0.5, 0.6) is 0 Å². The molecule has 5 heteroatoms. The fraction of sp³-hybridized carbons (Fsp3) is 0.643. The van der Waals surface area contributed by atoms with Crippen LogP contribution < -0.4 is 11.1 Å². The Hall–Kier alpha value is -1.33. The molecule has 2 atom stereocenters. The van der Waals surface area contributed by atoms with Crippen LogP contribution in [0.2, 0.25) is 0 Å². The molecule has 19 heavy (non-hydrogen) atoms. The van der Waals surface area contributed by atoms with E-state index in [2.05, 4.69) is 10.2 Å². The third-order valence-corrected chi connectivity index (χ3v) is 3.94. The maximum absolute atomic E-state index is 12.1. The van der Waals surface area contributed by atoms with Crippen molar-refractivity contribution in [1.29, 1.82) is 0 Å². The summed E-state index contributed by atoms with van der Waals surface area (Å²) in [6.45, 7) is 2.96. The van der Waals surface area contributed by atoms with Crippen molar-refractivity contribution in [1.82, 2.24) is 10.2 Å². The molecule has 2 unspecified atom stereocenters. The number of rotatable bonds is 7. The van der Waals surface area contributed by atoms with Crippen LogP contribution in [0.4, 0.5) is 0 Å². The van der Waals surface area contributed by atoms with Gasteiger partial charge in [-0.15, -0.1) is 0 Å². The maximum atomic E-state index is 12.1. The highest BCUT2D eigenvalue weighted by atomic mass is 16.3. The summed E-state index contributed by atoms with van der Waals surface area (Å²) in [7, 11) is 1.98. The van der Waals surface area contributed by atoms with Gasteiger partial charge in [-0.2, -0.15) is 0 Å². The van der Waals surface area contributed by atoms with Crippen LogP contribution in [0.1, 0.15) is 25.5 Å². The zero-order chi connectivity index (χ0) is 13.8. The Morgan fingerprint density at radius 2 is 2.37 bits per heavy atom. The first-order valence-electron chi connectivity index (χ1n) is 6.85. The molecule has 1 aromatic heterocycles. The number of nitrogens with two attached hydrogens (primary N) is 1. The molecule has 1 heterocycles. The average Bonchev–Trinajstić information content (AvgIpc) is 3.11. The molecule has 2 rings (SSSR count). The molecule has 1 aromatic rings. The summed E-state index contributed by atoms with van der Waals surface area (Å²) in [4.78, 5) is 14.2. The van der Waals surface area contributed by atoms with E-state index in [1.165, 1.54) is 12.8 Å². The molecular weight excluding hydrogens is 242 g/mol. The van der Waals surface area contributed by atoms with Crippen molar-refractivity contribution < 1.29 is 9.21 Å². The molecule has 0 saturated heterocycles. The molecule has 0 aliphatic heterocycles. The Balaban J connectivity index is 1.83. The van der Waals surface area contributed by atoms with Crippen molar-refractivity contribution in [3.8, 4) is 0 Å². The highest BCUT2D eigenvalue weighted by Gasteiger charge is 2.35. The smallest absolute Gasteiger partial charge is 0.237 e. The van der Waals surface area contributed by atoms with E-state index in [4.69, 9.17) is 10.2 Å². The minimum atomic E-state index is -0.177. The predicted molar refractivity (Wildman–Crippen MR) is 73.3 cm³/mol. The molecule has 0 spiro atoms. The molecule has 0 bridgehead atoms. The van der Waals surface area contributed by atoms with Gasteiger partial charge in [-0.1, -0.05) is 0 Å². The van der Waals surface area contributed by atoms with Crippen LogP contribution >= 0.6 is 0 Å². The van der Waals surface area contributed by atoms with Crippen molar-refractivity contribution >= 4 is 5.91 Å². The summed E-state index contributed by atoms with van der Waals surface area (Å²) in [5.41, 5.74) is 5.82. The van der Waals surface area contributed by atoms with Gasteiger partial charge in [-0.3, -0.25) is 9.69 Å². The lowest BCUT2D eigenvalue weighted by molar-refractivity contribution is -0.126. The molecular formula is C14H23N3O2. The van der Waals surface area contributed by atoms with Crippen molar-refractivity contribution in [3.63, 3.8) is 0 Å². The van der Waals surface area contributed by atoms with Crippen LogP contribution in [-0.2, 0) is 11.3 Å². The standard InChI is InChI=1S/C14H23N3O2/c1-10(17(2)13(8-15)11-5-6-11)14(18)16-9-12-4-3-7-19-12/h3-4,7,10-11,13H,5-6,8-9,15H2,1-2H3,(H,16,18). The molecule has 1 fully saturated rings. The number of hydrogen-bond donors (Lipinski definition) is 2. The second-order valence-corrected chi connectivity index (χ2v) is 5.28. The summed E-state index contributed by atoms with van der Waals surface area (Å²) in [5, 5.41) is 2.89. The lowest BCUT2D eigenvalue weighted by Gasteiger charge is -2.31. The van der Waals surface area contributed by atoms with Gasteiger partial charge in [0.2, 0.25) is 5.91 Å². The number of carbonyl (C=O) groups is 1. The van der Waals surface area contributed by atoms with Crippen molar-refractivity contribution in [2.24, 2.45) is 11.7 Å². The lowest BCUT2D eigenvalue weighted by Crippen LogP contribution is -2.50.